The number of aryl methyl sites for hydroxylation is 1. The second-order valence-electron chi connectivity index (χ2n) is 5.48. The molecule has 2 aromatic rings. The maximum atomic E-state index is 4.37. The molecule has 19 heavy (non-hydrogen) atoms. The van der Waals surface area contributed by atoms with Gasteiger partial charge in [-0.25, -0.2) is 4.98 Å². The summed E-state index contributed by atoms with van der Waals surface area (Å²) in [5.74, 6) is 0.634. The van der Waals surface area contributed by atoms with Crippen molar-refractivity contribution in [3.63, 3.8) is 0 Å². The van der Waals surface area contributed by atoms with Crippen molar-refractivity contribution in [3.8, 4) is 0 Å². The Labute approximate surface area is 118 Å². The van der Waals surface area contributed by atoms with Crippen molar-refractivity contribution in [2.24, 2.45) is 0 Å². The lowest BCUT2D eigenvalue weighted by Gasteiger charge is -2.19. The smallest absolute Gasteiger partial charge is 0.0950 e. The van der Waals surface area contributed by atoms with Crippen LogP contribution in [0.3, 0.4) is 0 Å². The Kier molecular flexibility index (Phi) is 3.71. The van der Waals surface area contributed by atoms with Crippen molar-refractivity contribution in [1.82, 2.24) is 14.9 Å². The van der Waals surface area contributed by atoms with Crippen LogP contribution in [-0.4, -0.2) is 22.6 Å². The first-order valence-corrected chi connectivity index (χ1v) is 7.83. The summed E-state index contributed by atoms with van der Waals surface area (Å²) < 4.78 is 2.37. The van der Waals surface area contributed by atoms with Crippen LogP contribution in [0.15, 0.2) is 24.7 Å². The average molecular weight is 275 g/mol. The van der Waals surface area contributed by atoms with Gasteiger partial charge in [-0.1, -0.05) is 0 Å². The highest BCUT2D eigenvalue weighted by Crippen LogP contribution is 2.27. The van der Waals surface area contributed by atoms with Gasteiger partial charge in [0.1, 0.15) is 0 Å². The number of thiophene rings is 1. The molecule has 0 aliphatic carbocycles. The maximum Gasteiger partial charge on any atom is 0.0950 e. The quantitative estimate of drug-likeness (QED) is 0.929. The van der Waals surface area contributed by atoms with Gasteiger partial charge in [0.2, 0.25) is 0 Å². The highest BCUT2D eigenvalue weighted by Gasteiger charge is 2.22. The van der Waals surface area contributed by atoms with Crippen molar-refractivity contribution in [2.45, 2.75) is 38.6 Å². The molecule has 1 N–H and O–H groups in total. The van der Waals surface area contributed by atoms with Gasteiger partial charge < -0.3 is 9.88 Å². The zero-order valence-electron chi connectivity index (χ0n) is 11.6. The first kappa shape index (κ1) is 12.9. The van der Waals surface area contributed by atoms with Gasteiger partial charge in [0, 0.05) is 46.6 Å². The van der Waals surface area contributed by atoms with Crippen molar-refractivity contribution in [2.75, 3.05) is 13.1 Å². The van der Waals surface area contributed by atoms with E-state index in [0.29, 0.717) is 12.0 Å². The van der Waals surface area contributed by atoms with E-state index in [2.05, 4.69) is 40.8 Å². The van der Waals surface area contributed by atoms with Crippen LogP contribution in [0.25, 0.3) is 0 Å². The van der Waals surface area contributed by atoms with E-state index in [1.807, 2.05) is 23.9 Å². The van der Waals surface area contributed by atoms with E-state index in [-0.39, 0.29) is 0 Å². The monoisotopic (exact) mass is 275 g/mol. The number of nitrogens with one attached hydrogen (secondary N) is 1. The minimum absolute atomic E-state index is 0.483. The lowest BCUT2D eigenvalue weighted by molar-refractivity contribution is 0.510. The van der Waals surface area contributed by atoms with Crippen molar-refractivity contribution in [3.05, 3.63) is 40.1 Å². The standard InChI is InChI=1S/C15H21N3S/c1-11(7-14-4-3-12(2)19-14)18-10-17-9-15(18)13-5-6-16-8-13/h3-4,9-11,13,16H,5-8H2,1-2H3. The fraction of sp³-hybridized carbons (Fsp3) is 0.533. The zero-order valence-corrected chi connectivity index (χ0v) is 12.4. The molecule has 0 radical (unpaired) electrons. The third-order valence-corrected chi connectivity index (χ3v) is 4.97. The molecule has 3 heterocycles. The van der Waals surface area contributed by atoms with Gasteiger partial charge in [-0.05, 0) is 38.9 Å². The molecular weight excluding hydrogens is 254 g/mol. The molecule has 4 heteroatoms. The van der Waals surface area contributed by atoms with Crippen LogP contribution < -0.4 is 5.32 Å². The summed E-state index contributed by atoms with van der Waals surface area (Å²) in [7, 11) is 0. The Morgan fingerprint density at radius 1 is 1.53 bits per heavy atom. The number of hydrogen-bond donors (Lipinski definition) is 1. The Morgan fingerprint density at radius 3 is 3.11 bits per heavy atom. The van der Waals surface area contributed by atoms with Crippen LogP contribution in [-0.2, 0) is 6.42 Å². The fourth-order valence-electron chi connectivity index (χ4n) is 2.89. The van der Waals surface area contributed by atoms with E-state index in [1.54, 1.807) is 0 Å². The second-order valence-corrected chi connectivity index (χ2v) is 6.85. The van der Waals surface area contributed by atoms with Crippen LogP contribution in [0.2, 0.25) is 0 Å². The molecule has 0 spiro atoms. The first-order valence-electron chi connectivity index (χ1n) is 7.02. The summed E-state index contributed by atoms with van der Waals surface area (Å²) in [6.07, 6.45) is 6.38. The average Bonchev–Trinajstić information content (AvgIpc) is 3.07. The van der Waals surface area contributed by atoms with E-state index >= 15 is 0 Å². The third kappa shape index (κ3) is 2.74. The largest absolute Gasteiger partial charge is 0.331 e. The van der Waals surface area contributed by atoms with Gasteiger partial charge in [0.25, 0.3) is 0 Å². The third-order valence-electron chi connectivity index (χ3n) is 3.94. The lowest BCUT2D eigenvalue weighted by Crippen LogP contribution is -2.15. The number of rotatable bonds is 4. The van der Waals surface area contributed by atoms with E-state index in [1.165, 1.54) is 21.9 Å². The van der Waals surface area contributed by atoms with Crippen LogP contribution in [0.5, 0.6) is 0 Å². The molecular formula is C15H21N3S. The molecule has 3 rings (SSSR count). The summed E-state index contributed by atoms with van der Waals surface area (Å²) in [5.41, 5.74) is 1.39. The molecule has 0 aromatic carbocycles. The molecule has 1 saturated heterocycles. The molecule has 0 bridgehead atoms. The number of hydrogen-bond acceptors (Lipinski definition) is 3. The summed E-state index contributed by atoms with van der Waals surface area (Å²) in [6.45, 7) is 6.69. The van der Waals surface area contributed by atoms with Gasteiger partial charge in [0.05, 0.1) is 6.33 Å². The number of imidazole rings is 1. The van der Waals surface area contributed by atoms with E-state index in [4.69, 9.17) is 0 Å². The molecule has 2 atom stereocenters. The van der Waals surface area contributed by atoms with Crippen LogP contribution in [0.1, 0.15) is 40.8 Å². The first-order chi connectivity index (χ1) is 9.24. The Morgan fingerprint density at radius 2 is 2.42 bits per heavy atom. The van der Waals surface area contributed by atoms with Gasteiger partial charge in [-0.15, -0.1) is 11.3 Å². The number of aromatic nitrogens is 2. The summed E-state index contributed by atoms with van der Waals surface area (Å²) in [4.78, 5) is 7.24. The van der Waals surface area contributed by atoms with E-state index in [9.17, 15) is 0 Å². The fourth-order valence-corrected chi connectivity index (χ4v) is 3.90. The minimum Gasteiger partial charge on any atom is -0.331 e. The normalized spacial score (nSPS) is 20.8. The lowest BCUT2D eigenvalue weighted by atomic mass is 10.0. The molecule has 3 nitrogen and oxygen atoms in total. The van der Waals surface area contributed by atoms with Crippen LogP contribution in [0, 0.1) is 6.92 Å². The van der Waals surface area contributed by atoms with E-state index in [0.717, 1.165) is 19.5 Å². The predicted molar refractivity (Wildman–Crippen MR) is 79.9 cm³/mol. The highest BCUT2D eigenvalue weighted by molar-refractivity contribution is 7.11. The zero-order chi connectivity index (χ0) is 13.2. The SMILES string of the molecule is Cc1ccc(CC(C)n2cncc2C2CCNC2)s1. The molecule has 0 amide bonds. The van der Waals surface area contributed by atoms with Crippen molar-refractivity contribution >= 4 is 11.3 Å². The molecule has 1 aliphatic heterocycles. The maximum absolute atomic E-state index is 4.37. The summed E-state index contributed by atoms with van der Waals surface area (Å²) >= 11 is 1.91. The highest BCUT2D eigenvalue weighted by atomic mass is 32.1. The molecule has 1 fully saturated rings. The van der Waals surface area contributed by atoms with Crippen LogP contribution >= 0.6 is 11.3 Å². The number of nitrogens with zero attached hydrogens (tertiary/aromatic N) is 2. The molecule has 0 saturated carbocycles. The Bertz CT molecular complexity index is 537. The molecule has 2 unspecified atom stereocenters. The van der Waals surface area contributed by atoms with Gasteiger partial charge >= 0.3 is 0 Å². The van der Waals surface area contributed by atoms with Gasteiger partial charge in [-0.3, -0.25) is 0 Å². The van der Waals surface area contributed by atoms with Crippen LogP contribution in [0.4, 0.5) is 0 Å². The predicted octanol–water partition coefficient (Wildman–Crippen LogP) is 3.13. The van der Waals surface area contributed by atoms with Gasteiger partial charge in [0.15, 0.2) is 0 Å². The van der Waals surface area contributed by atoms with Crippen molar-refractivity contribution < 1.29 is 0 Å². The van der Waals surface area contributed by atoms with Crippen molar-refractivity contribution in [1.29, 1.82) is 0 Å². The molecule has 102 valence electrons. The topological polar surface area (TPSA) is 29.9 Å². The Hall–Kier alpha value is -1.13. The minimum atomic E-state index is 0.483. The second kappa shape index (κ2) is 5.47. The molecule has 2 aromatic heterocycles. The molecule has 1 aliphatic rings. The Balaban J connectivity index is 1.76. The summed E-state index contributed by atoms with van der Waals surface area (Å²) in [6, 6.07) is 4.95. The van der Waals surface area contributed by atoms with Gasteiger partial charge in [-0.2, -0.15) is 0 Å². The van der Waals surface area contributed by atoms with E-state index < -0.39 is 0 Å². The summed E-state index contributed by atoms with van der Waals surface area (Å²) in [5, 5.41) is 3.44.